The first kappa shape index (κ1) is 12.2. The van der Waals surface area contributed by atoms with E-state index < -0.39 is 0 Å². The lowest BCUT2D eigenvalue weighted by molar-refractivity contribution is 0.0884. The second kappa shape index (κ2) is 4.37. The fraction of sp³-hybridized carbons (Fsp3) is 0.154. The topological polar surface area (TPSA) is 105 Å². The van der Waals surface area contributed by atoms with Gasteiger partial charge in [-0.1, -0.05) is 12.1 Å². The highest BCUT2D eigenvalue weighted by Crippen LogP contribution is 2.24. The highest BCUT2D eigenvalue weighted by molar-refractivity contribution is 5.99. The van der Waals surface area contributed by atoms with Crippen LogP contribution < -0.4 is 11.5 Å². The van der Waals surface area contributed by atoms with Crippen molar-refractivity contribution in [3.8, 4) is 0 Å². The van der Waals surface area contributed by atoms with Crippen molar-refractivity contribution in [3.63, 3.8) is 0 Å². The molecule has 0 aliphatic carbocycles. The number of carbonyl (C=O) groups excluding carboxylic acids is 1. The number of nitrogens with zero attached hydrogens (tertiary/aromatic N) is 4. The first-order valence-electron chi connectivity index (χ1n) is 6.11. The summed E-state index contributed by atoms with van der Waals surface area (Å²) in [5.41, 5.74) is 13.6. The lowest BCUT2D eigenvalue weighted by Gasteiger charge is -2.08. The van der Waals surface area contributed by atoms with Crippen LogP contribution in [0.4, 0.5) is 11.5 Å². The summed E-state index contributed by atoms with van der Waals surface area (Å²) in [6.07, 6.45) is 1.41. The van der Waals surface area contributed by atoms with E-state index in [2.05, 4.69) is 10.2 Å². The highest BCUT2D eigenvalue weighted by Gasteiger charge is 2.15. The Morgan fingerprint density at radius 2 is 2.15 bits per heavy atom. The van der Waals surface area contributed by atoms with Gasteiger partial charge in [0.25, 0.3) is 5.91 Å². The van der Waals surface area contributed by atoms with Gasteiger partial charge in [0.1, 0.15) is 6.54 Å². The number of anilines is 2. The Kier molecular flexibility index (Phi) is 2.67. The monoisotopic (exact) mass is 270 g/mol. The number of rotatable bonds is 2. The summed E-state index contributed by atoms with van der Waals surface area (Å²) in [7, 11) is 0. The zero-order valence-corrected chi connectivity index (χ0v) is 10.9. The normalized spacial score (nSPS) is 11.1. The molecule has 1 aromatic carbocycles. The predicted molar refractivity (Wildman–Crippen MR) is 76.1 cm³/mol. The SMILES string of the molecule is Cc1cc2cccc(N)c2n1C(=O)Cn1ncc(N)n1. The Balaban J connectivity index is 2.05. The molecule has 3 aromatic rings. The Bertz CT molecular complexity index is 800. The standard InChI is InChI=1S/C13H14N6O/c1-8-5-9-3-2-4-10(14)13(9)19(8)12(20)7-18-16-6-11(15)17-18/h2-6H,7,14H2,1H3,(H2,15,17). The van der Waals surface area contributed by atoms with Crippen LogP contribution in [-0.2, 0) is 6.54 Å². The lowest BCUT2D eigenvalue weighted by atomic mass is 10.2. The Labute approximate surface area is 114 Å². The summed E-state index contributed by atoms with van der Waals surface area (Å²) in [6.45, 7) is 1.87. The number of hydrogen-bond donors (Lipinski definition) is 2. The van der Waals surface area contributed by atoms with E-state index in [1.54, 1.807) is 10.6 Å². The van der Waals surface area contributed by atoms with Gasteiger partial charge < -0.3 is 11.5 Å². The maximum absolute atomic E-state index is 12.4. The summed E-state index contributed by atoms with van der Waals surface area (Å²) < 4.78 is 1.59. The molecule has 7 nitrogen and oxygen atoms in total. The first-order chi connectivity index (χ1) is 9.56. The third-order valence-electron chi connectivity index (χ3n) is 3.12. The van der Waals surface area contributed by atoms with Crippen LogP contribution in [0.25, 0.3) is 10.9 Å². The zero-order chi connectivity index (χ0) is 14.3. The number of benzene rings is 1. The van der Waals surface area contributed by atoms with Gasteiger partial charge >= 0.3 is 0 Å². The molecule has 7 heteroatoms. The van der Waals surface area contributed by atoms with Gasteiger partial charge in [0, 0.05) is 11.1 Å². The van der Waals surface area contributed by atoms with Gasteiger partial charge in [0.2, 0.25) is 0 Å². The molecule has 0 unspecified atom stereocenters. The quantitative estimate of drug-likeness (QED) is 0.677. The van der Waals surface area contributed by atoms with E-state index in [-0.39, 0.29) is 18.3 Å². The van der Waals surface area contributed by atoms with Gasteiger partial charge in [-0.05, 0) is 19.1 Å². The minimum atomic E-state index is -0.161. The molecular weight excluding hydrogens is 256 g/mol. The van der Waals surface area contributed by atoms with Crippen molar-refractivity contribution >= 4 is 28.3 Å². The second-order valence-electron chi connectivity index (χ2n) is 4.60. The van der Waals surface area contributed by atoms with Crippen molar-refractivity contribution in [1.82, 2.24) is 19.6 Å². The summed E-state index contributed by atoms with van der Waals surface area (Å²) in [5, 5.41) is 8.76. The van der Waals surface area contributed by atoms with Crippen molar-refractivity contribution in [2.45, 2.75) is 13.5 Å². The van der Waals surface area contributed by atoms with Crippen molar-refractivity contribution in [2.24, 2.45) is 0 Å². The molecule has 0 fully saturated rings. The van der Waals surface area contributed by atoms with Crippen molar-refractivity contribution in [3.05, 3.63) is 36.2 Å². The minimum absolute atomic E-state index is 0.0101. The Morgan fingerprint density at radius 3 is 2.85 bits per heavy atom. The Hall–Kier alpha value is -2.83. The number of aryl methyl sites for hydroxylation is 1. The largest absolute Gasteiger partial charge is 0.397 e. The van der Waals surface area contributed by atoms with E-state index in [1.165, 1.54) is 11.0 Å². The van der Waals surface area contributed by atoms with E-state index in [4.69, 9.17) is 11.5 Å². The van der Waals surface area contributed by atoms with Gasteiger partial charge in [0.05, 0.1) is 17.4 Å². The second-order valence-corrected chi connectivity index (χ2v) is 4.60. The molecule has 0 spiro atoms. The molecule has 3 rings (SSSR count). The highest BCUT2D eigenvalue weighted by atomic mass is 16.2. The molecule has 0 saturated heterocycles. The first-order valence-corrected chi connectivity index (χ1v) is 6.11. The van der Waals surface area contributed by atoms with E-state index in [0.717, 1.165) is 16.6 Å². The number of para-hydroxylation sites is 1. The van der Waals surface area contributed by atoms with Gasteiger partial charge in [-0.15, -0.1) is 5.10 Å². The molecule has 0 radical (unpaired) electrons. The van der Waals surface area contributed by atoms with Crippen LogP contribution in [0, 0.1) is 6.92 Å². The molecule has 4 N–H and O–H groups in total. The van der Waals surface area contributed by atoms with Crippen LogP contribution in [0.5, 0.6) is 0 Å². The van der Waals surface area contributed by atoms with Crippen LogP contribution >= 0.6 is 0 Å². The maximum atomic E-state index is 12.4. The average molecular weight is 270 g/mol. The zero-order valence-electron chi connectivity index (χ0n) is 10.9. The van der Waals surface area contributed by atoms with Crippen LogP contribution in [0.3, 0.4) is 0 Å². The summed E-state index contributed by atoms with van der Waals surface area (Å²) in [5.74, 6) is 0.123. The molecule has 0 amide bonds. The lowest BCUT2D eigenvalue weighted by Crippen LogP contribution is -2.20. The molecule has 0 aliphatic heterocycles. The van der Waals surface area contributed by atoms with E-state index in [9.17, 15) is 4.79 Å². The fourth-order valence-corrected chi connectivity index (χ4v) is 2.32. The van der Waals surface area contributed by atoms with Crippen molar-refractivity contribution in [2.75, 3.05) is 11.5 Å². The van der Waals surface area contributed by atoms with Crippen LogP contribution in [0.1, 0.15) is 10.5 Å². The third-order valence-corrected chi connectivity index (χ3v) is 3.12. The van der Waals surface area contributed by atoms with Crippen LogP contribution in [0.2, 0.25) is 0 Å². The molecule has 20 heavy (non-hydrogen) atoms. The molecule has 2 heterocycles. The van der Waals surface area contributed by atoms with Crippen LogP contribution in [0.15, 0.2) is 30.5 Å². The molecule has 0 atom stereocenters. The molecule has 2 aromatic heterocycles. The van der Waals surface area contributed by atoms with Gasteiger partial charge in [-0.3, -0.25) is 9.36 Å². The number of fused-ring (bicyclic) bond motifs is 1. The summed E-state index contributed by atoms with van der Waals surface area (Å²) in [6, 6.07) is 7.48. The Morgan fingerprint density at radius 1 is 1.35 bits per heavy atom. The number of nitrogens with two attached hydrogens (primary N) is 2. The maximum Gasteiger partial charge on any atom is 0.254 e. The van der Waals surface area contributed by atoms with Gasteiger partial charge in [-0.2, -0.15) is 9.90 Å². The molecule has 0 bridgehead atoms. The van der Waals surface area contributed by atoms with Crippen molar-refractivity contribution in [1.29, 1.82) is 0 Å². The average Bonchev–Trinajstić information content (AvgIpc) is 2.93. The number of carbonyl (C=O) groups is 1. The summed E-state index contributed by atoms with van der Waals surface area (Å²) >= 11 is 0. The smallest absolute Gasteiger partial charge is 0.254 e. The van der Waals surface area contributed by atoms with E-state index in [1.807, 2.05) is 25.1 Å². The third kappa shape index (κ3) is 1.89. The van der Waals surface area contributed by atoms with Gasteiger partial charge in [0.15, 0.2) is 5.82 Å². The van der Waals surface area contributed by atoms with E-state index in [0.29, 0.717) is 5.69 Å². The van der Waals surface area contributed by atoms with Crippen molar-refractivity contribution < 1.29 is 4.79 Å². The van der Waals surface area contributed by atoms with Crippen LogP contribution in [-0.4, -0.2) is 25.5 Å². The molecular formula is C13H14N6O. The molecule has 102 valence electrons. The van der Waals surface area contributed by atoms with Gasteiger partial charge in [-0.25, -0.2) is 0 Å². The number of hydrogen-bond acceptors (Lipinski definition) is 5. The fourth-order valence-electron chi connectivity index (χ4n) is 2.32. The van der Waals surface area contributed by atoms with E-state index >= 15 is 0 Å². The molecule has 0 aliphatic rings. The predicted octanol–water partition coefficient (Wildman–Crippen LogP) is 1.05. The number of aromatic nitrogens is 4. The summed E-state index contributed by atoms with van der Waals surface area (Å²) in [4.78, 5) is 13.7. The molecule has 0 saturated carbocycles. The minimum Gasteiger partial charge on any atom is -0.397 e. The number of nitrogen functional groups attached to an aromatic ring is 2.